The lowest BCUT2D eigenvalue weighted by atomic mass is 10.0. The van der Waals surface area contributed by atoms with Gasteiger partial charge in [-0.25, -0.2) is 9.97 Å². The van der Waals surface area contributed by atoms with Crippen molar-refractivity contribution in [1.82, 2.24) is 19.1 Å². The molecular weight excluding hydrogens is 560 g/mol. The molecule has 10 rings (SSSR count). The van der Waals surface area contributed by atoms with Gasteiger partial charge in [0.25, 0.3) is 0 Å². The quantitative estimate of drug-likeness (QED) is 0.206. The van der Waals surface area contributed by atoms with Gasteiger partial charge in [-0.1, -0.05) is 91.0 Å². The van der Waals surface area contributed by atoms with Crippen LogP contribution >= 0.6 is 0 Å². The third kappa shape index (κ3) is 3.67. The van der Waals surface area contributed by atoms with Gasteiger partial charge >= 0.3 is 0 Å². The SMILES string of the molecule is c1ccc(-c2cccc(-n3c4ccccc4c4cc5cc6c7ccccc7n(-c7ccc8ccccc8n7)c6cc5cc43)n2)cc1. The molecule has 46 heavy (non-hydrogen) atoms. The van der Waals surface area contributed by atoms with E-state index in [0.717, 1.165) is 55.9 Å². The lowest BCUT2D eigenvalue weighted by Crippen LogP contribution is -1.98. The Labute approximate surface area is 264 Å². The zero-order valence-corrected chi connectivity index (χ0v) is 24.8. The Bertz CT molecular complexity index is 2810. The summed E-state index contributed by atoms with van der Waals surface area (Å²) in [6, 6.07) is 55.9. The minimum atomic E-state index is 0.905. The molecule has 10 aromatic rings. The van der Waals surface area contributed by atoms with Crippen LogP contribution in [0.5, 0.6) is 0 Å². The average Bonchev–Trinajstić information content (AvgIpc) is 3.61. The molecule has 0 bridgehead atoms. The molecule has 214 valence electrons. The summed E-state index contributed by atoms with van der Waals surface area (Å²) in [4.78, 5) is 10.3. The van der Waals surface area contributed by atoms with Crippen LogP contribution in [0.25, 0.3) is 88.2 Å². The normalized spacial score (nSPS) is 11.9. The zero-order valence-electron chi connectivity index (χ0n) is 24.8. The molecule has 4 heterocycles. The van der Waals surface area contributed by atoms with E-state index in [-0.39, 0.29) is 0 Å². The van der Waals surface area contributed by atoms with E-state index in [1.54, 1.807) is 0 Å². The summed E-state index contributed by atoms with van der Waals surface area (Å²) in [5.74, 6) is 1.82. The highest BCUT2D eigenvalue weighted by Crippen LogP contribution is 2.39. The fourth-order valence-corrected chi connectivity index (χ4v) is 7.17. The molecule has 0 radical (unpaired) electrons. The van der Waals surface area contributed by atoms with E-state index in [9.17, 15) is 0 Å². The van der Waals surface area contributed by atoms with Crippen LogP contribution in [0.3, 0.4) is 0 Å². The number of hydrogen-bond acceptors (Lipinski definition) is 2. The van der Waals surface area contributed by atoms with Crippen molar-refractivity contribution in [3.63, 3.8) is 0 Å². The van der Waals surface area contributed by atoms with E-state index >= 15 is 0 Å². The molecule has 0 unspecified atom stereocenters. The maximum Gasteiger partial charge on any atom is 0.138 e. The highest BCUT2D eigenvalue weighted by Gasteiger charge is 2.18. The Kier molecular flexibility index (Phi) is 5.25. The maximum atomic E-state index is 5.17. The van der Waals surface area contributed by atoms with Gasteiger partial charge in [-0.15, -0.1) is 0 Å². The first-order valence-corrected chi connectivity index (χ1v) is 15.6. The van der Waals surface area contributed by atoms with Crippen LogP contribution in [0.1, 0.15) is 0 Å². The van der Waals surface area contributed by atoms with Gasteiger partial charge in [0, 0.05) is 32.5 Å². The molecule has 0 saturated carbocycles. The Hall–Kier alpha value is -6.26. The topological polar surface area (TPSA) is 35.6 Å². The first kappa shape index (κ1) is 25.1. The molecule has 0 N–H and O–H groups in total. The second-order valence-electron chi connectivity index (χ2n) is 11.9. The Morgan fingerprint density at radius 1 is 0.348 bits per heavy atom. The van der Waals surface area contributed by atoms with Gasteiger partial charge in [-0.3, -0.25) is 9.13 Å². The number of rotatable bonds is 3. The number of hydrogen-bond donors (Lipinski definition) is 0. The van der Waals surface area contributed by atoms with Crippen molar-refractivity contribution in [3.8, 4) is 22.9 Å². The Balaban J connectivity index is 1.27. The van der Waals surface area contributed by atoms with E-state index in [2.05, 4.69) is 155 Å². The summed E-state index contributed by atoms with van der Waals surface area (Å²) in [5.41, 5.74) is 7.62. The highest BCUT2D eigenvalue weighted by molar-refractivity contribution is 6.18. The van der Waals surface area contributed by atoms with E-state index in [1.807, 2.05) is 12.1 Å². The van der Waals surface area contributed by atoms with Crippen molar-refractivity contribution in [2.24, 2.45) is 0 Å². The minimum Gasteiger partial charge on any atom is -0.294 e. The van der Waals surface area contributed by atoms with Crippen molar-refractivity contribution < 1.29 is 0 Å². The molecule has 4 aromatic heterocycles. The van der Waals surface area contributed by atoms with Crippen LogP contribution in [-0.2, 0) is 0 Å². The van der Waals surface area contributed by atoms with E-state index in [0.29, 0.717) is 0 Å². The molecule has 0 aliphatic rings. The first-order valence-electron chi connectivity index (χ1n) is 15.6. The Morgan fingerprint density at radius 3 is 1.65 bits per heavy atom. The molecule has 0 atom stereocenters. The van der Waals surface area contributed by atoms with Crippen LogP contribution < -0.4 is 0 Å². The number of aromatic nitrogens is 4. The highest BCUT2D eigenvalue weighted by atomic mass is 15.1. The molecule has 0 amide bonds. The second-order valence-corrected chi connectivity index (χ2v) is 11.9. The maximum absolute atomic E-state index is 5.17. The fraction of sp³-hybridized carbons (Fsp3) is 0. The van der Waals surface area contributed by atoms with Gasteiger partial charge in [0.2, 0.25) is 0 Å². The second kappa shape index (κ2) is 9.62. The molecule has 0 aliphatic heterocycles. The number of para-hydroxylation sites is 3. The van der Waals surface area contributed by atoms with Crippen LogP contribution in [0.2, 0.25) is 0 Å². The largest absolute Gasteiger partial charge is 0.294 e. The van der Waals surface area contributed by atoms with Gasteiger partial charge in [-0.2, -0.15) is 0 Å². The number of nitrogens with zero attached hydrogens (tertiary/aromatic N) is 4. The molecule has 0 aliphatic carbocycles. The van der Waals surface area contributed by atoms with Crippen LogP contribution in [0, 0.1) is 0 Å². The smallest absolute Gasteiger partial charge is 0.138 e. The van der Waals surface area contributed by atoms with Crippen LogP contribution in [-0.4, -0.2) is 19.1 Å². The fourth-order valence-electron chi connectivity index (χ4n) is 7.17. The lowest BCUT2D eigenvalue weighted by Gasteiger charge is -2.10. The molecule has 4 nitrogen and oxygen atoms in total. The summed E-state index contributed by atoms with van der Waals surface area (Å²) in [7, 11) is 0. The summed E-state index contributed by atoms with van der Waals surface area (Å²) in [6.07, 6.45) is 0. The predicted molar refractivity (Wildman–Crippen MR) is 191 cm³/mol. The summed E-state index contributed by atoms with van der Waals surface area (Å²) >= 11 is 0. The van der Waals surface area contributed by atoms with Gasteiger partial charge < -0.3 is 0 Å². The molecule has 4 heteroatoms. The third-order valence-corrected chi connectivity index (χ3v) is 9.27. The van der Waals surface area contributed by atoms with Crippen molar-refractivity contribution >= 4 is 65.3 Å². The van der Waals surface area contributed by atoms with Crippen molar-refractivity contribution in [3.05, 3.63) is 158 Å². The first-order chi connectivity index (χ1) is 22.8. The monoisotopic (exact) mass is 586 g/mol. The average molecular weight is 587 g/mol. The third-order valence-electron chi connectivity index (χ3n) is 9.27. The van der Waals surface area contributed by atoms with Crippen LogP contribution in [0.15, 0.2) is 158 Å². The van der Waals surface area contributed by atoms with E-state index in [1.165, 1.54) is 32.3 Å². The molecule has 0 fully saturated rings. The lowest BCUT2D eigenvalue weighted by molar-refractivity contribution is 1.08. The standard InChI is InChI=1S/C42H26N4/c1-2-11-27(12-3-1)36-17-10-20-41(43-36)45-37-18-8-5-14-31(37)33-23-29-24-34-32-15-6-9-19-38(32)46(40(34)26-30(29)25-39(33)45)42-22-21-28-13-4-7-16-35(28)44-42/h1-26H. The zero-order chi connectivity index (χ0) is 30.2. The molecule has 0 saturated heterocycles. The Morgan fingerprint density at radius 2 is 0.935 bits per heavy atom. The molecule has 0 spiro atoms. The number of benzene rings is 6. The summed E-state index contributed by atoms with van der Waals surface area (Å²) in [6.45, 7) is 0. The van der Waals surface area contributed by atoms with Crippen LogP contribution in [0.4, 0.5) is 0 Å². The summed E-state index contributed by atoms with van der Waals surface area (Å²) < 4.78 is 4.61. The van der Waals surface area contributed by atoms with Gasteiger partial charge in [0.05, 0.1) is 33.3 Å². The molecular formula is C42H26N4. The predicted octanol–water partition coefficient (Wildman–Crippen LogP) is 10.6. The minimum absolute atomic E-state index is 0.905. The van der Waals surface area contributed by atoms with Gasteiger partial charge in [0.1, 0.15) is 11.6 Å². The van der Waals surface area contributed by atoms with E-state index < -0.39 is 0 Å². The van der Waals surface area contributed by atoms with Gasteiger partial charge in [-0.05, 0) is 77.5 Å². The van der Waals surface area contributed by atoms with Gasteiger partial charge in [0.15, 0.2) is 0 Å². The molecule has 6 aromatic carbocycles. The van der Waals surface area contributed by atoms with Crippen molar-refractivity contribution in [2.75, 3.05) is 0 Å². The number of fused-ring (bicyclic) bond motifs is 8. The summed E-state index contributed by atoms with van der Waals surface area (Å²) in [5, 5.41) is 8.40. The van der Waals surface area contributed by atoms with Crippen molar-refractivity contribution in [1.29, 1.82) is 0 Å². The van der Waals surface area contributed by atoms with E-state index in [4.69, 9.17) is 9.97 Å². The van der Waals surface area contributed by atoms with Crippen molar-refractivity contribution in [2.45, 2.75) is 0 Å². The number of pyridine rings is 2.